The van der Waals surface area contributed by atoms with Crippen molar-refractivity contribution >= 4 is 31.6 Å². The van der Waals surface area contributed by atoms with Crippen LogP contribution in [0.3, 0.4) is 0 Å². The quantitative estimate of drug-likeness (QED) is 0.176. The summed E-state index contributed by atoms with van der Waals surface area (Å²) < 4.78 is 22.4. The fourth-order valence-electron chi connectivity index (χ4n) is 13.7. The van der Waals surface area contributed by atoms with E-state index < -0.39 is 30.1 Å². The number of allylic oxidation sites excluding steroid dienone is 2. The van der Waals surface area contributed by atoms with Gasteiger partial charge in [-0.2, -0.15) is 0 Å². The molecule has 0 aromatic carbocycles. The molecule has 0 amide bonds. The molecule has 0 spiro atoms. The van der Waals surface area contributed by atoms with Gasteiger partial charge >= 0.3 is 17.8 Å². The van der Waals surface area contributed by atoms with Crippen LogP contribution in [-0.4, -0.2) is 62.2 Å². The molecule has 5 aliphatic carbocycles. The van der Waals surface area contributed by atoms with Crippen molar-refractivity contribution in [1.82, 2.24) is 4.90 Å². The summed E-state index contributed by atoms with van der Waals surface area (Å²) in [5, 5.41) is 0. The fourth-order valence-corrected chi connectivity index (χ4v) is 14.4. The predicted molar refractivity (Wildman–Crippen MR) is 219 cm³/mol. The van der Waals surface area contributed by atoms with Gasteiger partial charge in [-0.05, 0) is 144 Å². The number of Topliss-reactive ketones (excluding diaryl/α,β-unsaturated/α-hetero) is 1. The molecule has 6 aliphatic rings. The fraction of sp³-hybridized carbons (Fsp3) is 0.804. The number of ether oxygens (including phenoxy) is 2. The van der Waals surface area contributed by atoms with Gasteiger partial charge in [0, 0.05) is 32.5 Å². The van der Waals surface area contributed by atoms with Crippen LogP contribution in [0, 0.1) is 63.1 Å². The molecule has 57 heavy (non-hydrogen) atoms. The molecule has 1 aromatic rings. The van der Waals surface area contributed by atoms with E-state index in [-0.39, 0.29) is 87.6 Å². The van der Waals surface area contributed by atoms with Crippen LogP contribution in [0.25, 0.3) is 0 Å². The molecule has 0 unspecified atom stereocenters. The lowest BCUT2D eigenvalue weighted by Gasteiger charge is -2.70. The summed E-state index contributed by atoms with van der Waals surface area (Å²) in [5.41, 5.74) is -1.44. The van der Waals surface area contributed by atoms with E-state index in [2.05, 4.69) is 59.2 Å². The van der Waals surface area contributed by atoms with Crippen molar-refractivity contribution in [3.8, 4) is 0 Å². The first-order valence-electron chi connectivity index (χ1n) is 21.9. The highest BCUT2D eigenvalue weighted by atomic mass is 28.3. The van der Waals surface area contributed by atoms with Crippen LogP contribution in [0.15, 0.2) is 25.3 Å². The molecule has 0 bridgehead atoms. The van der Waals surface area contributed by atoms with Gasteiger partial charge < -0.3 is 18.3 Å². The van der Waals surface area contributed by atoms with E-state index in [1.54, 1.807) is 13.8 Å². The number of aryl methyl sites for hydroxylation is 1. The summed E-state index contributed by atoms with van der Waals surface area (Å²) in [7, 11) is -1.36. The molecule has 4 saturated carbocycles. The first kappa shape index (κ1) is 42.3. The molecule has 1 aliphatic heterocycles. The van der Waals surface area contributed by atoms with Crippen LogP contribution in [0.5, 0.6) is 0 Å². The monoisotopic (exact) mass is 807 g/mol. The SMILES string of the molecule is CC(=O)[C@@H]1CCN([C@H]2CC[C@@]3(C)[C@@H](CC[C@]4(C)[C@@H]3C(=O)C=C3[C@@H]5C[C@@](C)(C(=O)OCC[Si](C)(C)C)CC[C@]5(C)CC[C@]34C)[C@]2(C)C(=O)OCc2oc(=O)oc2C)C1. The van der Waals surface area contributed by atoms with Gasteiger partial charge in [0.15, 0.2) is 23.9 Å². The third-order valence-electron chi connectivity index (χ3n) is 17.6. The number of carbonyl (C=O) groups is 4. The second-order valence-electron chi connectivity index (χ2n) is 22.1. The number of esters is 2. The summed E-state index contributed by atoms with van der Waals surface area (Å²) in [5.74, 6) is -0.890. The van der Waals surface area contributed by atoms with Crippen molar-refractivity contribution in [2.75, 3.05) is 19.7 Å². The Morgan fingerprint density at radius 1 is 0.877 bits per heavy atom. The molecule has 2 heterocycles. The lowest BCUT2D eigenvalue weighted by molar-refractivity contribution is -0.211. The second kappa shape index (κ2) is 14.2. The largest absolute Gasteiger partial charge is 0.519 e. The molecule has 0 radical (unpaired) electrons. The molecule has 11 heteroatoms. The van der Waals surface area contributed by atoms with Gasteiger partial charge in [-0.15, -0.1) is 0 Å². The highest BCUT2D eigenvalue weighted by molar-refractivity contribution is 6.76. The van der Waals surface area contributed by atoms with Gasteiger partial charge in [-0.3, -0.25) is 24.1 Å². The summed E-state index contributed by atoms with van der Waals surface area (Å²) in [6.07, 6.45) is 10.3. The number of rotatable bonds is 9. The van der Waals surface area contributed by atoms with Crippen LogP contribution in [0.1, 0.15) is 124 Å². The van der Waals surface area contributed by atoms with Gasteiger partial charge in [0.05, 0.1) is 17.4 Å². The smallest absolute Gasteiger partial charge is 0.466 e. The zero-order valence-electron chi connectivity index (χ0n) is 36.7. The van der Waals surface area contributed by atoms with E-state index in [4.69, 9.17) is 18.3 Å². The average molecular weight is 808 g/mol. The maximum Gasteiger partial charge on any atom is 0.519 e. The summed E-state index contributed by atoms with van der Waals surface area (Å²) in [6, 6.07) is 0.777. The Kier molecular flexibility index (Phi) is 10.5. The van der Waals surface area contributed by atoms with Gasteiger partial charge in [0.25, 0.3) is 0 Å². The van der Waals surface area contributed by atoms with Crippen molar-refractivity contribution in [2.24, 2.45) is 56.2 Å². The van der Waals surface area contributed by atoms with Crippen molar-refractivity contribution in [3.05, 3.63) is 33.8 Å². The van der Waals surface area contributed by atoms with E-state index in [0.29, 0.717) is 26.0 Å². The van der Waals surface area contributed by atoms with Crippen LogP contribution >= 0.6 is 0 Å². The number of hydrogen-bond acceptors (Lipinski definition) is 10. The molecule has 0 N–H and O–H groups in total. The van der Waals surface area contributed by atoms with Crippen LogP contribution in [-0.2, 0) is 35.3 Å². The topological polar surface area (TPSA) is 133 Å². The lowest BCUT2D eigenvalue weighted by atomic mass is 9.33. The number of ketones is 2. The van der Waals surface area contributed by atoms with Crippen molar-refractivity contribution in [1.29, 1.82) is 0 Å². The molecule has 7 rings (SSSR count). The minimum Gasteiger partial charge on any atom is -0.466 e. The summed E-state index contributed by atoms with van der Waals surface area (Å²) >= 11 is 0. The Hall–Kier alpha value is -2.79. The van der Waals surface area contributed by atoms with E-state index in [1.807, 2.05) is 13.0 Å². The number of nitrogens with zero attached hydrogens (tertiary/aromatic N) is 1. The zero-order valence-corrected chi connectivity index (χ0v) is 37.7. The van der Waals surface area contributed by atoms with Crippen molar-refractivity contribution in [3.63, 3.8) is 0 Å². The van der Waals surface area contributed by atoms with Gasteiger partial charge in [0.1, 0.15) is 5.78 Å². The molecular weight excluding hydrogens is 739 g/mol. The van der Waals surface area contributed by atoms with E-state index in [1.165, 1.54) is 5.57 Å². The van der Waals surface area contributed by atoms with Crippen molar-refractivity contribution in [2.45, 2.75) is 158 Å². The van der Waals surface area contributed by atoms with E-state index >= 15 is 4.79 Å². The number of carbonyl (C=O) groups excluding carboxylic acids is 4. The Morgan fingerprint density at radius 2 is 1.58 bits per heavy atom. The van der Waals surface area contributed by atoms with Gasteiger partial charge in [0.2, 0.25) is 0 Å². The van der Waals surface area contributed by atoms with E-state index in [9.17, 15) is 19.2 Å². The molecular formula is C46H69NO9Si. The Balaban J connectivity index is 1.22. The number of hydrogen-bond donors (Lipinski definition) is 0. The third-order valence-corrected chi connectivity index (χ3v) is 19.3. The normalized spacial score (nSPS) is 41.9. The Labute approximate surface area is 340 Å². The minimum absolute atomic E-state index is 0.00830. The average Bonchev–Trinajstić information content (AvgIpc) is 3.74. The Bertz CT molecular complexity index is 1910. The van der Waals surface area contributed by atoms with Gasteiger partial charge in [-0.1, -0.05) is 52.9 Å². The first-order valence-corrected chi connectivity index (χ1v) is 25.6. The van der Waals surface area contributed by atoms with Gasteiger partial charge in [-0.25, -0.2) is 4.79 Å². The molecule has 5 fully saturated rings. The van der Waals surface area contributed by atoms with Crippen LogP contribution in [0.4, 0.5) is 0 Å². The maximum atomic E-state index is 15.2. The van der Waals surface area contributed by atoms with E-state index in [0.717, 1.165) is 64.0 Å². The third kappa shape index (κ3) is 6.71. The highest BCUT2D eigenvalue weighted by Crippen LogP contribution is 2.75. The number of fused-ring (bicyclic) bond motifs is 7. The molecule has 316 valence electrons. The van der Waals surface area contributed by atoms with Crippen molar-refractivity contribution < 1.29 is 37.5 Å². The molecule has 1 saturated heterocycles. The lowest BCUT2D eigenvalue weighted by Crippen LogP contribution is -2.69. The first-order chi connectivity index (χ1) is 26.4. The Morgan fingerprint density at radius 3 is 2.21 bits per heavy atom. The zero-order chi connectivity index (χ0) is 41.7. The second-order valence-corrected chi connectivity index (χ2v) is 27.8. The molecule has 1 aromatic heterocycles. The van der Waals surface area contributed by atoms with Crippen LogP contribution < -0.4 is 5.82 Å². The molecule has 10 nitrogen and oxygen atoms in total. The number of likely N-dealkylation sites (tertiary alicyclic amines) is 1. The summed E-state index contributed by atoms with van der Waals surface area (Å²) in [4.78, 5) is 70.6. The molecule has 11 atom stereocenters. The maximum absolute atomic E-state index is 15.2. The summed E-state index contributed by atoms with van der Waals surface area (Å²) in [6.45, 7) is 25.3. The minimum atomic E-state index is -1.36. The highest BCUT2D eigenvalue weighted by Gasteiger charge is 2.72. The van der Waals surface area contributed by atoms with Crippen LogP contribution in [0.2, 0.25) is 25.7 Å². The predicted octanol–water partition coefficient (Wildman–Crippen LogP) is 8.71. The standard InChI is InChI=1S/C46H69NO9Si/c1-28(48)30-14-21-47(26-30)36-13-15-43(5)35(46(36,8)39(51)54-27-34-29(2)55-40(52)56-34)12-16-45(7)37(43)33(49)24-31-32-25-42(4,38(50)53-22-23-57(9,10)11)18-17-41(32,3)19-20-44(31,45)6/h24,30,32,35-37H,12-23,25-27H2,1-11H3/t30-,32+,35-,36+,37-,41-,42+,43+,44-,45-,46+/m1/s1.